The zero-order chi connectivity index (χ0) is 14.0. The second-order valence-corrected chi connectivity index (χ2v) is 7.44. The molecule has 8 heteroatoms. The van der Waals surface area contributed by atoms with Crippen LogP contribution in [0.15, 0.2) is 38.2 Å². The van der Waals surface area contributed by atoms with Gasteiger partial charge in [-0.1, -0.05) is 23.5 Å². The Labute approximate surface area is 119 Å². The van der Waals surface area contributed by atoms with Gasteiger partial charge in [0, 0.05) is 10.6 Å². The van der Waals surface area contributed by atoms with Gasteiger partial charge >= 0.3 is 4.87 Å². The van der Waals surface area contributed by atoms with E-state index in [0.29, 0.717) is 22.7 Å². The van der Waals surface area contributed by atoms with Crippen molar-refractivity contribution in [2.24, 2.45) is 0 Å². The van der Waals surface area contributed by atoms with E-state index in [0.717, 1.165) is 4.90 Å². The first-order chi connectivity index (χ1) is 8.94. The SMILES string of the molecule is CSc1ccccc1NS(=O)(=O)c1sc(=O)[nH]c1C. The molecule has 102 valence electrons. The molecule has 0 saturated heterocycles. The number of aryl methyl sites for hydroxylation is 1. The third-order valence-electron chi connectivity index (χ3n) is 2.38. The number of benzene rings is 1. The van der Waals surface area contributed by atoms with Gasteiger partial charge in [-0.2, -0.15) is 0 Å². The van der Waals surface area contributed by atoms with Crippen LogP contribution in [0, 0.1) is 6.92 Å². The first-order valence-corrected chi connectivity index (χ1v) is 8.82. The van der Waals surface area contributed by atoms with E-state index >= 15 is 0 Å². The average Bonchev–Trinajstić information content (AvgIpc) is 2.69. The van der Waals surface area contributed by atoms with Gasteiger partial charge in [0.15, 0.2) is 4.21 Å². The maximum Gasteiger partial charge on any atom is 0.306 e. The number of aromatic amines is 1. The fourth-order valence-corrected chi connectivity index (χ4v) is 4.57. The first kappa shape index (κ1) is 14.2. The van der Waals surface area contributed by atoms with Crippen LogP contribution in [0.3, 0.4) is 0 Å². The Bertz CT molecular complexity index is 747. The second kappa shape index (κ2) is 5.40. The molecule has 1 aromatic carbocycles. The number of nitrogens with one attached hydrogen (secondary N) is 2. The maximum absolute atomic E-state index is 12.2. The summed E-state index contributed by atoms with van der Waals surface area (Å²) < 4.78 is 27.0. The summed E-state index contributed by atoms with van der Waals surface area (Å²) in [6, 6.07) is 7.11. The molecule has 2 aromatic rings. The molecule has 0 aliphatic carbocycles. The van der Waals surface area contributed by atoms with Crippen molar-refractivity contribution in [2.45, 2.75) is 16.0 Å². The van der Waals surface area contributed by atoms with Crippen LogP contribution in [0.25, 0.3) is 0 Å². The molecule has 0 amide bonds. The van der Waals surface area contributed by atoms with Crippen molar-refractivity contribution in [3.05, 3.63) is 39.6 Å². The molecule has 0 aliphatic rings. The Morgan fingerprint density at radius 2 is 2.00 bits per heavy atom. The molecule has 2 rings (SSSR count). The van der Waals surface area contributed by atoms with E-state index in [2.05, 4.69) is 9.71 Å². The van der Waals surface area contributed by atoms with Crippen LogP contribution in [-0.2, 0) is 10.0 Å². The zero-order valence-corrected chi connectivity index (χ0v) is 12.7. The molecule has 0 fully saturated rings. The van der Waals surface area contributed by atoms with E-state index in [9.17, 15) is 13.2 Å². The number of para-hydroxylation sites is 1. The van der Waals surface area contributed by atoms with Gasteiger partial charge in [-0.3, -0.25) is 9.52 Å². The van der Waals surface area contributed by atoms with Gasteiger partial charge in [0.05, 0.1) is 5.69 Å². The zero-order valence-electron chi connectivity index (χ0n) is 10.3. The third-order valence-corrected chi connectivity index (χ3v) is 6.14. The third kappa shape index (κ3) is 3.02. The second-order valence-electron chi connectivity index (χ2n) is 3.73. The van der Waals surface area contributed by atoms with Gasteiger partial charge in [0.1, 0.15) is 0 Å². The predicted molar refractivity (Wildman–Crippen MR) is 78.7 cm³/mol. The largest absolute Gasteiger partial charge is 0.315 e. The molecule has 0 spiro atoms. The van der Waals surface area contributed by atoms with Crippen molar-refractivity contribution in [1.29, 1.82) is 0 Å². The molecular weight excluding hydrogens is 304 g/mol. The van der Waals surface area contributed by atoms with Crippen molar-refractivity contribution in [1.82, 2.24) is 4.98 Å². The van der Waals surface area contributed by atoms with Crippen LogP contribution >= 0.6 is 23.1 Å². The summed E-state index contributed by atoms with van der Waals surface area (Å²) in [7, 11) is -3.73. The number of rotatable bonds is 4. The number of anilines is 1. The molecule has 0 unspecified atom stereocenters. The van der Waals surface area contributed by atoms with Crippen molar-refractivity contribution < 1.29 is 8.42 Å². The molecule has 0 atom stereocenters. The lowest BCUT2D eigenvalue weighted by Crippen LogP contribution is -2.13. The standard InChI is InChI=1S/C11H12N2O3S3/c1-7-10(18-11(14)12-7)19(15,16)13-8-5-3-4-6-9(8)17-2/h3-6,13H,1-2H3,(H,12,14). The summed E-state index contributed by atoms with van der Waals surface area (Å²) >= 11 is 2.13. The van der Waals surface area contributed by atoms with Gasteiger partial charge in [-0.05, 0) is 25.3 Å². The molecule has 5 nitrogen and oxygen atoms in total. The number of thiazole rings is 1. The maximum atomic E-state index is 12.2. The van der Waals surface area contributed by atoms with Crippen LogP contribution in [0.4, 0.5) is 5.69 Å². The normalized spacial score (nSPS) is 11.5. The smallest absolute Gasteiger partial charge is 0.306 e. The monoisotopic (exact) mass is 316 g/mol. The van der Waals surface area contributed by atoms with E-state index in [1.165, 1.54) is 11.8 Å². The van der Waals surface area contributed by atoms with Gasteiger partial charge in [0.25, 0.3) is 10.0 Å². The van der Waals surface area contributed by atoms with E-state index in [-0.39, 0.29) is 9.08 Å². The summed E-state index contributed by atoms with van der Waals surface area (Å²) in [5.74, 6) is 0. The first-order valence-electron chi connectivity index (χ1n) is 5.29. The highest BCUT2D eigenvalue weighted by Gasteiger charge is 2.21. The highest BCUT2D eigenvalue weighted by molar-refractivity contribution is 7.99. The molecule has 2 N–H and O–H groups in total. The molecule has 19 heavy (non-hydrogen) atoms. The minimum atomic E-state index is -3.73. The molecule has 0 aliphatic heterocycles. The van der Waals surface area contributed by atoms with Gasteiger partial charge in [-0.15, -0.1) is 11.8 Å². The van der Waals surface area contributed by atoms with Crippen LogP contribution in [0.1, 0.15) is 5.69 Å². The number of thioether (sulfide) groups is 1. The minimum Gasteiger partial charge on any atom is -0.315 e. The van der Waals surface area contributed by atoms with Crippen LogP contribution in [0.5, 0.6) is 0 Å². The Morgan fingerprint density at radius 3 is 2.58 bits per heavy atom. The topological polar surface area (TPSA) is 79.0 Å². The Balaban J connectivity index is 2.42. The lowest BCUT2D eigenvalue weighted by molar-refractivity contribution is 0.602. The fourth-order valence-electron chi connectivity index (χ4n) is 1.57. The van der Waals surface area contributed by atoms with Crippen LogP contribution in [-0.4, -0.2) is 19.7 Å². The predicted octanol–water partition coefficient (Wildman–Crippen LogP) is 2.27. The van der Waals surface area contributed by atoms with Crippen molar-refractivity contribution >= 4 is 38.8 Å². The highest BCUT2D eigenvalue weighted by atomic mass is 32.2. The molecule has 0 bridgehead atoms. The summed E-state index contributed by atoms with van der Waals surface area (Å²) in [6.45, 7) is 1.56. The van der Waals surface area contributed by atoms with Gasteiger partial charge in [-0.25, -0.2) is 8.42 Å². The molecule has 0 radical (unpaired) electrons. The van der Waals surface area contributed by atoms with E-state index in [1.54, 1.807) is 19.1 Å². The van der Waals surface area contributed by atoms with Gasteiger partial charge < -0.3 is 4.98 Å². The van der Waals surface area contributed by atoms with Crippen LogP contribution in [0.2, 0.25) is 0 Å². The average molecular weight is 316 g/mol. The van der Waals surface area contributed by atoms with E-state index in [4.69, 9.17) is 0 Å². The van der Waals surface area contributed by atoms with Crippen molar-refractivity contribution in [3.8, 4) is 0 Å². The Kier molecular flexibility index (Phi) is 4.02. The molecule has 1 heterocycles. The lowest BCUT2D eigenvalue weighted by Gasteiger charge is -2.10. The number of aromatic nitrogens is 1. The number of H-pyrrole nitrogens is 1. The quantitative estimate of drug-likeness (QED) is 0.848. The molecular formula is C11H12N2O3S3. The van der Waals surface area contributed by atoms with E-state index in [1.807, 2.05) is 18.4 Å². The van der Waals surface area contributed by atoms with E-state index < -0.39 is 10.0 Å². The Hall–Kier alpha value is -1.25. The molecule has 1 aromatic heterocycles. The summed E-state index contributed by atoms with van der Waals surface area (Å²) in [6.07, 6.45) is 1.87. The number of hydrogen-bond acceptors (Lipinski definition) is 5. The van der Waals surface area contributed by atoms with Crippen molar-refractivity contribution in [2.75, 3.05) is 11.0 Å². The number of hydrogen-bond donors (Lipinski definition) is 2. The van der Waals surface area contributed by atoms with Crippen molar-refractivity contribution in [3.63, 3.8) is 0 Å². The summed E-state index contributed by atoms with van der Waals surface area (Å²) in [5.41, 5.74) is 0.861. The Morgan fingerprint density at radius 1 is 1.32 bits per heavy atom. The summed E-state index contributed by atoms with van der Waals surface area (Å²) in [5, 5.41) is 0. The van der Waals surface area contributed by atoms with Gasteiger partial charge in [0.2, 0.25) is 0 Å². The number of sulfonamides is 1. The van der Waals surface area contributed by atoms with Crippen LogP contribution < -0.4 is 9.60 Å². The lowest BCUT2D eigenvalue weighted by atomic mass is 10.3. The summed E-state index contributed by atoms with van der Waals surface area (Å²) in [4.78, 5) is 14.1. The highest BCUT2D eigenvalue weighted by Crippen LogP contribution is 2.28. The molecule has 0 saturated carbocycles. The fraction of sp³-hybridized carbons (Fsp3) is 0.182. The minimum absolute atomic E-state index is 0.0217.